The molecule has 9 nitrogen and oxygen atoms in total. The zero-order valence-electron chi connectivity index (χ0n) is 22.2. The molecule has 2 aromatic heterocycles. The summed E-state index contributed by atoms with van der Waals surface area (Å²) in [5, 5.41) is 7.49. The maximum Gasteiger partial charge on any atom is 0.231 e. The van der Waals surface area contributed by atoms with Crippen LogP contribution in [-0.4, -0.2) is 52.4 Å². The average Bonchev–Trinajstić information content (AvgIpc) is 3.33. The molecule has 1 aliphatic carbocycles. The lowest BCUT2D eigenvalue weighted by Gasteiger charge is -2.51. The van der Waals surface area contributed by atoms with Gasteiger partial charge in [0.05, 0.1) is 12.0 Å². The highest BCUT2D eigenvalue weighted by atomic mass is 31.2. The summed E-state index contributed by atoms with van der Waals surface area (Å²) in [5.74, 6) is 0.997. The Bertz CT molecular complexity index is 1530. The van der Waals surface area contributed by atoms with E-state index in [2.05, 4.69) is 55.6 Å². The normalized spacial score (nSPS) is 17.5. The first-order chi connectivity index (χ1) is 18.2. The Kier molecular flexibility index (Phi) is 6.16. The molecule has 2 aromatic carbocycles. The van der Waals surface area contributed by atoms with E-state index < -0.39 is 7.14 Å². The molecule has 1 spiro atoms. The molecule has 2 fully saturated rings. The molecule has 3 heterocycles. The lowest BCUT2D eigenvalue weighted by atomic mass is 9.60. The smallest absolute Gasteiger partial charge is 0.231 e. The van der Waals surface area contributed by atoms with E-state index in [0.717, 1.165) is 29.8 Å². The zero-order valence-corrected chi connectivity index (χ0v) is 23.1. The van der Waals surface area contributed by atoms with Gasteiger partial charge in [0, 0.05) is 35.8 Å². The summed E-state index contributed by atoms with van der Waals surface area (Å²) < 4.78 is 12.9. The second kappa shape index (κ2) is 9.40. The molecule has 6 rings (SSSR count). The van der Waals surface area contributed by atoms with E-state index in [1.807, 2.05) is 24.3 Å². The van der Waals surface area contributed by atoms with Crippen molar-refractivity contribution >= 4 is 52.4 Å². The maximum atomic E-state index is 12.9. The second-order valence-electron chi connectivity index (χ2n) is 11.3. The van der Waals surface area contributed by atoms with Crippen LogP contribution in [0.3, 0.4) is 0 Å². The average molecular weight is 531 g/mol. The van der Waals surface area contributed by atoms with E-state index in [4.69, 9.17) is 10.7 Å². The number of benzene rings is 2. The Morgan fingerprint density at radius 3 is 2.55 bits per heavy atom. The predicted molar refractivity (Wildman–Crippen MR) is 156 cm³/mol. The van der Waals surface area contributed by atoms with Gasteiger partial charge in [0.25, 0.3) is 0 Å². The molecule has 1 saturated carbocycles. The molecule has 5 N–H and O–H groups in total. The summed E-state index contributed by atoms with van der Waals surface area (Å²) in [7, 11) is -2.50. The second-order valence-corrected chi connectivity index (χ2v) is 14.5. The number of H-pyrrole nitrogens is 1. The van der Waals surface area contributed by atoms with Gasteiger partial charge in [-0.1, -0.05) is 12.1 Å². The van der Waals surface area contributed by atoms with Crippen molar-refractivity contribution in [2.24, 2.45) is 11.1 Å². The van der Waals surface area contributed by atoms with Crippen molar-refractivity contribution < 1.29 is 4.57 Å². The van der Waals surface area contributed by atoms with E-state index in [1.165, 1.54) is 36.9 Å². The number of fused-ring (bicyclic) bond motifs is 1. The summed E-state index contributed by atoms with van der Waals surface area (Å²) in [4.78, 5) is 19.4. The number of nitrogens with two attached hydrogens (primary N) is 1. The van der Waals surface area contributed by atoms with Gasteiger partial charge in [-0.25, -0.2) is 4.98 Å². The minimum absolute atomic E-state index is 0.405. The fraction of sp³-hybridized carbons (Fsp3) is 0.393. The van der Waals surface area contributed by atoms with Crippen LogP contribution in [0.5, 0.6) is 0 Å². The summed E-state index contributed by atoms with van der Waals surface area (Å²) in [6.45, 7) is 7.85. The molecule has 0 bridgehead atoms. The highest BCUT2D eigenvalue weighted by Gasteiger charge is 2.44. The fourth-order valence-electron chi connectivity index (χ4n) is 6.06. The number of rotatable bonds is 6. The molecule has 2 aliphatic rings. The molecule has 0 amide bonds. The van der Waals surface area contributed by atoms with E-state index in [1.54, 1.807) is 19.7 Å². The topological polar surface area (TPSA) is 125 Å². The van der Waals surface area contributed by atoms with Crippen molar-refractivity contribution in [2.75, 3.05) is 42.0 Å². The molecule has 1 aliphatic heterocycles. The molecule has 4 aromatic rings. The van der Waals surface area contributed by atoms with Crippen LogP contribution < -0.4 is 26.6 Å². The summed E-state index contributed by atoms with van der Waals surface area (Å²) in [6, 6.07) is 14.4. The van der Waals surface area contributed by atoms with Gasteiger partial charge in [-0.2, -0.15) is 9.97 Å². The maximum absolute atomic E-state index is 12.9. The van der Waals surface area contributed by atoms with E-state index in [0.29, 0.717) is 34.4 Å². The standard InChI is InChI=1S/C28H35N8OP/c1-18-14-20(8-9-22(18)36-12-10-28(11-13-36)15-19(29)16-28)32-27-34-25-24(30-17-31-25)26(35-27)33-21-6-4-5-7-23(21)38(2,3)37/h4-9,14,17,19H,10-13,15-16,29H2,1-3H3,(H3,30,31,32,33,34,35). The van der Waals surface area contributed by atoms with Crippen LogP contribution >= 0.6 is 7.14 Å². The number of hydrogen-bond donors (Lipinski definition) is 4. The largest absolute Gasteiger partial charge is 0.371 e. The van der Waals surface area contributed by atoms with Crippen LogP contribution in [-0.2, 0) is 4.57 Å². The van der Waals surface area contributed by atoms with Crippen LogP contribution in [0.4, 0.5) is 28.8 Å². The first kappa shape index (κ1) is 24.9. The minimum atomic E-state index is -2.50. The van der Waals surface area contributed by atoms with Crippen LogP contribution in [0.15, 0.2) is 48.8 Å². The van der Waals surface area contributed by atoms with Crippen LogP contribution in [0.1, 0.15) is 31.2 Å². The molecule has 10 heteroatoms. The van der Waals surface area contributed by atoms with Gasteiger partial charge in [-0.15, -0.1) is 0 Å². The zero-order chi connectivity index (χ0) is 26.5. The van der Waals surface area contributed by atoms with Gasteiger partial charge in [-0.05, 0) is 87.2 Å². The number of nitrogens with one attached hydrogen (secondary N) is 3. The highest BCUT2D eigenvalue weighted by Crippen LogP contribution is 2.49. The third kappa shape index (κ3) is 4.76. The van der Waals surface area contributed by atoms with Gasteiger partial charge >= 0.3 is 0 Å². The molecule has 198 valence electrons. The van der Waals surface area contributed by atoms with E-state index >= 15 is 0 Å². The number of hydrogen-bond acceptors (Lipinski definition) is 8. The fourth-order valence-corrected chi connectivity index (χ4v) is 7.21. The molecule has 38 heavy (non-hydrogen) atoms. The monoisotopic (exact) mass is 530 g/mol. The van der Waals surface area contributed by atoms with Gasteiger partial charge in [0.2, 0.25) is 5.95 Å². The van der Waals surface area contributed by atoms with Crippen molar-refractivity contribution in [1.29, 1.82) is 0 Å². The molecular formula is C28H35N8OP. The number of para-hydroxylation sites is 1. The number of nitrogens with zero attached hydrogens (tertiary/aromatic N) is 4. The van der Waals surface area contributed by atoms with Gasteiger partial charge in [-0.3, -0.25) is 0 Å². The van der Waals surface area contributed by atoms with E-state index in [-0.39, 0.29) is 0 Å². The molecule has 0 unspecified atom stereocenters. The van der Waals surface area contributed by atoms with Crippen molar-refractivity contribution in [3.05, 3.63) is 54.4 Å². The van der Waals surface area contributed by atoms with Gasteiger partial charge in [0.15, 0.2) is 17.0 Å². The summed E-state index contributed by atoms with van der Waals surface area (Å²) >= 11 is 0. The lowest BCUT2D eigenvalue weighted by molar-refractivity contribution is 0.0713. The van der Waals surface area contributed by atoms with Crippen molar-refractivity contribution in [1.82, 2.24) is 19.9 Å². The Morgan fingerprint density at radius 1 is 1.08 bits per heavy atom. The van der Waals surface area contributed by atoms with Crippen LogP contribution in [0.25, 0.3) is 11.2 Å². The first-order valence-corrected chi connectivity index (χ1v) is 15.8. The quantitative estimate of drug-likeness (QED) is 0.254. The summed E-state index contributed by atoms with van der Waals surface area (Å²) in [6.07, 6.45) is 6.42. The third-order valence-electron chi connectivity index (χ3n) is 8.02. The number of aryl methyl sites for hydroxylation is 1. The Morgan fingerprint density at radius 2 is 1.84 bits per heavy atom. The van der Waals surface area contributed by atoms with Crippen LogP contribution in [0.2, 0.25) is 0 Å². The van der Waals surface area contributed by atoms with Gasteiger partial charge < -0.3 is 30.8 Å². The number of piperidine rings is 1. The Balaban J connectivity index is 1.23. The first-order valence-electron chi connectivity index (χ1n) is 13.2. The van der Waals surface area contributed by atoms with Gasteiger partial charge in [0.1, 0.15) is 7.14 Å². The number of imidazole rings is 1. The number of aromatic amines is 1. The summed E-state index contributed by atoms with van der Waals surface area (Å²) in [5.41, 5.74) is 12.0. The van der Waals surface area contributed by atoms with Crippen molar-refractivity contribution in [3.8, 4) is 0 Å². The molecule has 0 radical (unpaired) electrons. The lowest BCUT2D eigenvalue weighted by Crippen LogP contribution is -2.52. The number of anilines is 5. The Hall–Kier alpha value is -3.42. The molecular weight excluding hydrogens is 495 g/mol. The third-order valence-corrected chi connectivity index (χ3v) is 9.57. The predicted octanol–water partition coefficient (Wildman–Crippen LogP) is 5.10. The SMILES string of the molecule is Cc1cc(Nc2nc(Nc3ccccc3P(C)(C)=O)c3nc[nH]c3n2)ccc1N1CCC2(CC1)CC(N)C2. The highest BCUT2D eigenvalue weighted by molar-refractivity contribution is 7.70. The minimum Gasteiger partial charge on any atom is -0.371 e. The van der Waals surface area contributed by atoms with Crippen LogP contribution in [0, 0.1) is 12.3 Å². The molecule has 0 atom stereocenters. The van der Waals surface area contributed by atoms with Crippen molar-refractivity contribution in [3.63, 3.8) is 0 Å². The van der Waals surface area contributed by atoms with E-state index in [9.17, 15) is 4.57 Å². The Labute approximate surface area is 223 Å². The molecule has 1 saturated heterocycles. The van der Waals surface area contributed by atoms with Crippen molar-refractivity contribution in [2.45, 2.75) is 38.6 Å². The number of aromatic nitrogens is 4.